The van der Waals surface area contributed by atoms with E-state index >= 15 is 0 Å². The van der Waals surface area contributed by atoms with E-state index < -0.39 is 20.0 Å². The Hall–Kier alpha value is -1.80. The number of carbonyl (C=O) groups excluding carboxylic acids is 1. The van der Waals surface area contributed by atoms with Crippen molar-refractivity contribution in [1.29, 1.82) is 0 Å². The predicted octanol–water partition coefficient (Wildman–Crippen LogP) is 17.5. The molecular formula is C61H115N2O6P. The number of hydrogen-bond acceptors (Lipinski definition) is 6. The van der Waals surface area contributed by atoms with Crippen LogP contribution in [0.25, 0.3) is 0 Å². The number of nitrogens with one attached hydrogen (secondary N) is 1. The average molecular weight is 1000 g/mol. The van der Waals surface area contributed by atoms with Gasteiger partial charge in [-0.25, -0.2) is 0 Å². The first-order valence-corrected chi connectivity index (χ1v) is 31.1. The first-order valence-electron chi connectivity index (χ1n) is 29.7. The van der Waals surface area contributed by atoms with E-state index in [-0.39, 0.29) is 19.1 Å². The highest BCUT2D eigenvalue weighted by Gasteiger charge is 2.23. The van der Waals surface area contributed by atoms with Crippen molar-refractivity contribution in [3.8, 4) is 0 Å². The molecule has 70 heavy (non-hydrogen) atoms. The fourth-order valence-electron chi connectivity index (χ4n) is 8.62. The van der Waals surface area contributed by atoms with Gasteiger partial charge in [0.05, 0.1) is 39.9 Å². The molecule has 0 spiro atoms. The van der Waals surface area contributed by atoms with Gasteiger partial charge in [0.2, 0.25) is 5.91 Å². The number of allylic oxidation sites excluding steroid dienone is 9. The maximum Gasteiger partial charge on any atom is 0.268 e. The van der Waals surface area contributed by atoms with Crippen LogP contribution < -0.4 is 10.2 Å². The fourth-order valence-corrected chi connectivity index (χ4v) is 9.34. The molecule has 0 aromatic heterocycles. The van der Waals surface area contributed by atoms with Crippen LogP contribution in [0.15, 0.2) is 60.8 Å². The Morgan fingerprint density at radius 1 is 0.514 bits per heavy atom. The molecule has 410 valence electrons. The maximum absolute atomic E-state index is 12.9. The molecule has 3 atom stereocenters. The molecule has 0 aromatic carbocycles. The highest BCUT2D eigenvalue weighted by molar-refractivity contribution is 7.45. The van der Waals surface area contributed by atoms with Gasteiger partial charge >= 0.3 is 0 Å². The number of carbonyl (C=O) groups is 1. The smallest absolute Gasteiger partial charge is 0.268 e. The van der Waals surface area contributed by atoms with Crippen LogP contribution in [-0.2, 0) is 18.4 Å². The lowest BCUT2D eigenvalue weighted by Crippen LogP contribution is -2.45. The molecule has 9 heteroatoms. The van der Waals surface area contributed by atoms with Crippen molar-refractivity contribution in [1.82, 2.24) is 5.32 Å². The van der Waals surface area contributed by atoms with Crippen molar-refractivity contribution in [2.24, 2.45) is 0 Å². The summed E-state index contributed by atoms with van der Waals surface area (Å²) in [6.45, 7) is 4.55. The van der Waals surface area contributed by atoms with E-state index in [1.54, 1.807) is 6.08 Å². The molecule has 0 aromatic rings. The Kier molecular flexibility index (Phi) is 50.7. The Morgan fingerprint density at radius 2 is 0.871 bits per heavy atom. The number of unbranched alkanes of at least 4 members (excludes halogenated alkanes) is 33. The van der Waals surface area contributed by atoms with E-state index in [4.69, 9.17) is 9.05 Å². The molecular weight excluding hydrogens is 888 g/mol. The maximum atomic E-state index is 12.9. The van der Waals surface area contributed by atoms with Gasteiger partial charge < -0.3 is 28.8 Å². The van der Waals surface area contributed by atoms with Crippen LogP contribution in [0.4, 0.5) is 0 Å². The lowest BCUT2D eigenvalue weighted by atomic mass is 10.0. The summed E-state index contributed by atoms with van der Waals surface area (Å²) in [6.07, 6.45) is 70.3. The summed E-state index contributed by atoms with van der Waals surface area (Å²) < 4.78 is 23.3. The molecule has 0 heterocycles. The SMILES string of the molecule is CC/C=C\C/C=C\C/C=C\C/C=C\CCCCCCCCCCCCCCCCCCCCCCCCC(=O)NC(COP(=O)([O-])OCC[N+](C)(C)C)C(O)/C=C/CCCCCCCCCCCCC. The molecule has 3 unspecified atom stereocenters. The minimum atomic E-state index is -4.59. The highest BCUT2D eigenvalue weighted by Crippen LogP contribution is 2.38. The third-order valence-corrected chi connectivity index (χ3v) is 14.2. The van der Waals surface area contributed by atoms with Gasteiger partial charge in [-0.2, -0.15) is 0 Å². The molecule has 8 nitrogen and oxygen atoms in total. The van der Waals surface area contributed by atoms with Crippen molar-refractivity contribution in [3.05, 3.63) is 60.8 Å². The van der Waals surface area contributed by atoms with Crippen molar-refractivity contribution in [2.75, 3.05) is 40.9 Å². The zero-order valence-corrected chi connectivity index (χ0v) is 47.6. The number of aliphatic hydroxyl groups is 1. The van der Waals surface area contributed by atoms with E-state index in [9.17, 15) is 19.4 Å². The summed E-state index contributed by atoms with van der Waals surface area (Å²) in [5, 5.41) is 13.8. The Labute approximate surface area is 434 Å². The summed E-state index contributed by atoms with van der Waals surface area (Å²) >= 11 is 0. The molecule has 1 amide bonds. The molecule has 0 fully saturated rings. The fraction of sp³-hybridized carbons (Fsp3) is 0.820. The van der Waals surface area contributed by atoms with Gasteiger partial charge in [-0.1, -0.05) is 267 Å². The summed E-state index contributed by atoms with van der Waals surface area (Å²) in [5.74, 6) is -0.195. The minimum absolute atomic E-state index is 0.000388. The number of phosphoric ester groups is 1. The van der Waals surface area contributed by atoms with Crippen LogP contribution in [0.3, 0.4) is 0 Å². The predicted molar refractivity (Wildman–Crippen MR) is 302 cm³/mol. The first kappa shape index (κ1) is 68.2. The number of quaternary nitrogens is 1. The second-order valence-electron chi connectivity index (χ2n) is 21.3. The van der Waals surface area contributed by atoms with E-state index in [0.29, 0.717) is 17.4 Å². The van der Waals surface area contributed by atoms with Gasteiger partial charge in [0.1, 0.15) is 13.2 Å². The summed E-state index contributed by atoms with van der Waals surface area (Å²) in [5.41, 5.74) is 0. The summed E-state index contributed by atoms with van der Waals surface area (Å²) in [7, 11) is 1.27. The van der Waals surface area contributed by atoms with E-state index in [1.807, 2.05) is 27.2 Å². The van der Waals surface area contributed by atoms with Gasteiger partial charge in [-0.05, 0) is 57.8 Å². The molecule has 0 rings (SSSR count). The largest absolute Gasteiger partial charge is 0.756 e. The monoisotopic (exact) mass is 1000 g/mol. The molecule has 2 N–H and O–H groups in total. The average Bonchev–Trinajstić information content (AvgIpc) is 3.32. The number of rotatable bonds is 54. The second-order valence-corrected chi connectivity index (χ2v) is 22.7. The number of phosphoric acid groups is 1. The zero-order valence-electron chi connectivity index (χ0n) is 46.7. The van der Waals surface area contributed by atoms with E-state index in [2.05, 4.69) is 67.8 Å². The number of hydrogen-bond donors (Lipinski definition) is 2. The van der Waals surface area contributed by atoms with Crippen LogP contribution in [0, 0.1) is 0 Å². The van der Waals surface area contributed by atoms with E-state index in [1.165, 1.54) is 186 Å². The minimum Gasteiger partial charge on any atom is -0.756 e. The third-order valence-electron chi connectivity index (χ3n) is 13.2. The normalized spacial score (nSPS) is 14.3. The lowest BCUT2D eigenvalue weighted by Gasteiger charge is -2.29. The van der Waals surface area contributed by atoms with Gasteiger partial charge in [-0.3, -0.25) is 9.36 Å². The molecule has 0 bridgehead atoms. The van der Waals surface area contributed by atoms with Crippen LogP contribution >= 0.6 is 7.82 Å². The number of nitrogens with zero attached hydrogens (tertiary/aromatic N) is 1. The third kappa shape index (κ3) is 54.0. The quantitative estimate of drug-likeness (QED) is 0.0272. The second kappa shape index (κ2) is 52.1. The molecule has 0 saturated carbocycles. The molecule has 0 aliphatic rings. The topological polar surface area (TPSA) is 108 Å². The van der Waals surface area contributed by atoms with Gasteiger partial charge in [0.25, 0.3) is 7.82 Å². The molecule has 0 saturated heterocycles. The Balaban J connectivity index is 3.96. The lowest BCUT2D eigenvalue weighted by molar-refractivity contribution is -0.870. The van der Waals surface area contributed by atoms with Gasteiger partial charge in [0.15, 0.2) is 0 Å². The summed E-state index contributed by atoms with van der Waals surface area (Å²) in [4.78, 5) is 25.5. The van der Waals surface area contributed by atoms with Crippen molar-refractivity contribution < 1.29 is 32.9 Å². The van der Waals surface area contributed by atoms with Crippen molar-refractivity contribution >= 4 is 13.7 Å². The van der Waals surface area contributed by atoms with E-state index in [0.717, 1.165) is 64.2 Å². The van der Waals surface area contributed by atoms with Crippen LogP contribution in [-0.4, -0.2) is 68.5 Å². The number of aliphatic hydroxyl groups excluding tert-OH is 1. The molecule has 0 radical (unpaired) electrons. The van der Waals surface area contributed by atoms with Crippen LogP contribution in [0.5, 0.6) is 0 Å². The number of amides is 1. The molecule has 0 aliphatic heterocycles. The standard InChI is InChI=1S/C61H115N2O6P/c1-6-8-10-12-14-16-18-20-21-22-23-24-25-26-27-28-29-30-31-32-33-34-35-36-37-38-39-40-41-43-45-47-49-51-53-55-61(65)62-59(58-69-70(66,67)68-57-56-63(3,4)5)60(64)54-52-50-48-46-44-42-19-17-15-13-11-9-7-2/h8,10,14,16,20-21,23-24,52,54,59-60,64H,6-7,9,11-13,15,17-19,22,25-51,53,55-58H2,1-5H3,(H-,62,65,66,67)/b10-8-,16-14-,21-20-,24-23-,54-52+. The Bertz CT molecular complexity index is 1320. The van der Waals surface area contributed by atoms with Crippen molar-refractivity contribution in [3.63, 3.8) is 0 Å². The first-order chi connectivity index (χ1) is 34.0. The van der Waals surface area contributed by atoms with Crippen LogP contribution in [0.2, 0.25) is 0 Å². The molecule has 0 aliphatic carbocycles. The Morgan fingerprint density at radius 3 is 1.27 bits per heavy atom. The summed E-state index contributed by atoms with van der Waals surface area (Å²) in [6, 6.07) is -0.885. The highest BCUT2D eigenvalue weighted by atomic mass is 31.2. The van der Waals surface area contributed by atoms with Crippen LogP contribution in [0.1, 0.15) is 271 Å². The number of likely N-dealkylation sites (N-methyl/N-ethyl adjacent to an activating group) is 1. The van der Waals surface area contributed by atoms with Gasteiger partial charge in [-0.15, -0.1) is 0 Å². The van der Waals surface area contributed by atoms with Gasteiger partial charge in [0, 0.05) is 6.42 Å². The van der Waals surface area contributed by atoms with Crippen molar-refractivity contribution in [2.45, 2.75) is 283 Å². The zero-order chi connectivity index (χ0) is 51.3.